The van der Waals surface area contributed by atoms with Gasteiger partial charge in [0.25, 0.3) is 0 Å². The molecule has 0 radical (unpaired) electrons. The predicted octanol–water partition coefficient (Wildman–Crippen LogP) is 0.442. The van der Waals surface area contributed by atoms with Crippen LogP contribution in [0, 0.1) is 0 Å². The van der Waals surface area contributed by atoms with E-state index >= 15 is 0 Å². The van der Waals surface area contributed by atoms with Crippen LogP contribution in [-0.2, 0) is 57.2 Å². The zero-order valence-corrected chi connectivity index (χ0v) is 44.0. The lowest BCUT2D eigenvalue weighted by atomic mass is 10.0. The SMILES string of the molecule is CCC(=O)CCCCCCCCCCC(=O)NC(COCCC(=O)NCCCNC(=O)CCCCO[C@H]1C[C@@H](O)[C@@H](O)[C@@H](CO)O1)COCCC(=O)NCCCNC(=O)CCCCO[C@H]1C[C@@H](O)[C@@H](O)[C@@H](CO)O1. The molecule has 2 aliphatic heterocycles. The normalized spacial score (nSPS) is 21.8. The van der Waals surface area contributed by atoms with Crippen molar-refractivity contribution < 1.29 is 87.8 Å². The number of carbonyl (C=O) groups excluding carboxylic acids is 6. The summed E-state index contributed by atoms with van der Waals surface area (Å²) in [6.07, 6.45) is 6.06. The number of amides is 5. The molecule has 74 heavy (non-hydrogen) atoms. The summed E-state index contributed by atoms with van der Waals surface area (Å²) in [6, 6.07) is -0.510. The fourth-order valence-corrected chi connectivity index (χ4v) is 8.05. The summed E-state index contributed by atoms with van der Waals surface area (Å²) in [5.74, 6) is -0.544. The third kappa shape index (κ3) is 32.9. The summed E-state index contributed by atoms with van der Waals surface area (Å²) in [5, 5.41) is 72.2. The van der Waals surface area contributed by atoms with Crippen molar-refractivity contribution in [1.29, 1.82) is 0 Å². The zero-order valence-electron chi connectivity index (χ0n) is 44.0. The highest BCUT2D eigenvalue weighted by Gasteiger charge is 2.37. The molecular formula is C51H93N5O18. The van der Waals surface area contributed by atoms with E-state index < -0.39 is 68.5 Å². The van der Waals surface area contributed by atoms with Crippen LogP contribution in [0.4, 0.5) is 0 Å². The first-order valence-corrected chi connectivity index (χ1v) is 27.3. The van der Waals surface area contributed by atoms with Crippen molar-refractivity contribution >= 4 is 35.3 Å². The molecule has 0 bridgehead atoms. The first kappa shape index (κ1) is 66.7. The van der Waals surface area contributed by atoms with E-state index in [0.717, 1.165) is 51.4 Å². The number of ether oxygens (including phenoxy) is 6. The van der Waals surface area contributed by atoms with Gasteiger partial charge in [0.15, 0.2) is 12.6 Å². The molecule has 8 atom stereocenters. The van der Waals surface area contributed by atoms with E-state index in [0.29, 0.717) is 89.7 Å². The smallest absolute Gasteiger partial charge is 0.222 e. The molecule has 11 N–H and O–H groups in total. The van der Waals surface area contributed by atoms with Gasteiger partial charge in [-0.25, -0.2) is 0 Å². The number of rotatable bonds is 45. The summed E-state index contributed by atoms with van der Waals surface area (Å²) in [7, 11) is 0. The van der Waals surface area contributed by atoms with Crippen molar-refractivity contribution in [1.82, 2.24) is 26.6 Å². The zero-order chi connectivity index (χ0) is 54.2. The molecule has 0 aromatic heterocycles. The average molecular weight is 1060 g/mol. The molecule has 0 unspecified atom stereocenters. The molecule has 0 aromatic rings. The maximum absolute atomic E-state index is 12.9. The largest absolute Gasteiger partial charge is 0.394 e. The minimum absolute atomic E-state index is 0.0862. The Morgan fingerprint density at radius 2 is 0.838 bits per heavy atom. The van der Waals surface area contributed by atoms with Crippen LogP contribution >= 0.6 is 0 Å². The van der Waals surface area contributed by atoms with E-state index in [1.54, 1.807) is 0 Å². The molecule has 0 aliphatic carbocycles. The van der Waals surface area contributed by atoms with Crippen LogP contribution in [-0.4, -0.2) is 200 Å². The second kappa shape index (κ2) is 42.6. The molecular weight excluding hydrogens is 971 g/mol. The van der Waals surface area contributed by atoms with Crippen molar-refractivity contribution in [2.45, 2.75) is 210 Å². The van der Waals surface area contributed by atoms with Gasteiger partial charge in [0.2, 0.25) is 29.5 Å². The monoisotopic (exact) mass is 1060 g/mol. The minimum Gasteiger partial charge on any atom is -0.394 e. The van der Waals surface area contributed by atoms with Crippen LogP contribution in [0.15, 0.2) is 0 Å². The summed E-state index contributed by atoms with van der Waals surface area (Å²) in [4.78, 5) is 73.8. The van der Waals surface area contributed by atoms with Gasteiger partial charge in [-0.3, -0.25) is 28.8 Å². The summed E-state index contributed by atoms with van der Waals surface area (Å²) < 4.78 is 33.6. The van der Waals surface area contributed by atoms with Crippen molar-refractivity contribution in [2.24, 2.45) is 0 Å². The number of Topliss-reactive ketones (excluding diaryl/α,β-unsaturated/α-hetero) is 1. The minimum atomic E-state index is -1.17. The van der Waals surface area contributed by atoms with Crippen molar-refractivity contribution in [3.8, 4) is 0 Å². The average Bonchev–Trinajstić information content (AvgIpc) is 3.38. The van der Waals surface area contributed by atoms with Gasteiger partial charge in [-0.05, 0) is 51.4 Å². The molecule has 2 rings (SSSR count). The van der Waals surface area contributed by atoms with Gasteiger partial charge < -0.3 is 85.6 Å². The van der Waals surface area contributed by atoms with Crippen LogP contribution in [0.25, 0.3) is 0 Å². The molecule has 0 aromatic carbocycles. The van der Waals surface area contributed by atoms with Gasteiger partial charge in [-0.1, -0.05) is 45.4 Å². The van der Waals surface area contributed by atoms with Crippen LogP contribution in [0.2, 0.25) is 0 Å². The van der Waals surface area contributed by atoms with E-state index in [9.17, 15) is 59.4 Å². The molecule has 2 aliphatic rings. The molecule has 2 saturated heterocycles. The van der Waals surface area contributed by atoms with Crippen LogP contribution in [0.3, 0.4) is 0 Å². The van der Waals surface area contributed by atoms with Gasteiger partial charge in [0, 0.05) is 97.2 Å². The van der Waals surface area contributed by atoms with Crippen molar-refractivity contribution in [2.75, 3.05) is 79.0 Å². The molecule has 0 spiro atoms. The van der Waals surface area contributed by atoms with E-state index in [1.165, 1.54) is 0 Å². The molecule has 5 amide bonds. The predicted molar refractivity (Wildman–Crippen MR) is 270 cm³/mol. The third-order valence-corrected chi connectivity index (χ3v) is 12.6. The van der Waals surface area contributed by atoms with Gasteiger partial charge >= 0.3 is 0 Å². The number of hydrogen-bond donors (Lipinski definition) is 11. The van der Waals surface area contributed by atoms with Crippen LogP contribution in [0.5, 0.6) is 0 Å². The van der Waals surface area contributed by atoms with Gasteiger partial charge in [0.05, 0.1) is 57.9 Å². The van der Waals surface area contributed by atoms with E-state index in [2.05, 4.69) is 26.6 Å². The van der Waals surface area contributed by atoms with E-state index in [-0.39, 0.29) is 108 Å². The highest BCUT2D eigenvalue weighted by Crippen LogP contribution is 2.23. The van der Waals surface area contributed by atoms with E-state index in [4.69, 9.17) is 28.4 Å². The molecule has 2 heterocycles. The molecule has 0 saturated carbocycles. The standard InChI is InChI=1S/C51H93N5O18/c1-2-38(59)17-9-7-5-3-4-6-8-10-20-47(66)56-37(35-69-29-21-45(64)54-25-15-23-52-43(62)18-11-13-27-71-48-31-39(60)50(67)41(33-57)73-48)36-70-30-22-46(65)55-26-16-24-53-44(63)19-12-14-28-72-49-32-40(61)51(68)42(34-58)74-49/h37,39-42,48-51,57-58,60-61,67-68H,2-36H2,1H3,(H,52,62)(H,53,63)(H,54,64)(H,55,65)(H,56,66)/t39-,40-,41-,42-,48-,49-,50-,51-/m1/s1. The Balaban J connectivity index is 1.59. The Bertz CT molecular complexity index is 1450. The maximum Gasteiger partial charge on any atom is 0.222 e. The Morgan fingerprint density at radius 3 is 1.24 bits per heavy atom. The number of carbonyl (C=O) groups is 6. The fraction of sp³-hybridized carbons (Fsp3) is 0.882. The summed E-state index contributed by atoms with van der Waals surface area (Å²) in [6.45, 7) is 3.46. The van der Waals surface area contributed by atoms with Gasteiger partial charge in [-0.15, -0.1) is 0 Å². The fourth-order valence-electron chi connectivity index (χ4n) is 8.05. The lowest BCUT2D eigenvalue weighted by Gasteiger charge is -2.36. The number of ketones is 1. The summed E-state index contributed by atoms with van der Waals surface area (Å²) >= 11 is 0. The van der Waals surface area contributed by atoms with Crippen LogP contribution < -0.4 is 26.6 Å². The van der Waals surface area contributed by atoms with Crippen molar-refractivity contribution in [3.63, 3.8) is 0 Å². The Hall–Kier alpha value is -3.46. The molecule has 23 nitrogen and oxygen atoms in total. The number of unbranched alkanes of at least 4 members (excludes halogenated alkanes) is 9. The summed E-state index contributed by atoms with van der Waals surface area (Å²) in [5.41, 5.74) is 0. The van der Waals surface area contributed by atoms with Gasteiger partial charge in [0.1, 0.15) is 30.2 Å². The number of aliphatic hydroxyl groups is 6. The Kier molecular flexibility index (Phi) is 38.4. The number of nitrogens with one attached hydrogen (secondary N) is 5. The molecule has 430 valence electrons. The quantitative estimate of drug-likeness (QED) is 0.0369. The van der Waals surface area contributed by atoms with Crippen LogP contribution in [0.1, 0.15) is 155 Å². The molecule has 2 fully saturated rings. The Labute approximate surface area is 437 Å². The van der Waals surface area contributed by atoms with E-state index in [1.807, 2.05) is 6.92 Å². The second-order valence-electron chi connectivity index (χ2n) is 19.1. The topological polar surface area (TPSA) is 339 Å². The molecule has 23 heteroatoms. The number of aliphatic hydroxyl groups excluding tert-OH is 6. The first-order chi connectivity index (χ1) is 35.8. The van der Waals surface area contributed by atoms with Gasteiger partial charge in [-0.2, -0.15) is 0 Å². The second-order valence-corrected chi connectivity index (χ2v) is 19.1. The Morgan fingerprint density at radius 1 is 0.473 bits per heavy atom. The first-order valence-electron chi connectivity index (χ1n) is 27.3. The third-order valence-electron chi connectivity index (χ3n) is 12.6. The lowest BCUT2D eigenvalue weighted by Crippen LogP contribution is -2.50. The highest BCUT2D eigenvalue weighted by molar-refractivity contribution is 5.78. The lowest BCUT2D eigenvalue weighted by molar-refractivity contribution is -0.257. The highest BCUT2D eigenvalue weighted by atomic mass is 16.7. The number of hydrogen-bond acceptors (Lipinski definition) is 18. The maximum atomic E-state index is 12.9. The van der Waals surface area contributed by atoms with Crippen molar-refractivity contribution in [3.05, 3.63) is 0 Å².